The average molecular weight is 396 g/mol. The van der Waals surface area contributed by atoms with E-state index in [-0.39, 0.29) is 5.92 Å². The van der Waals surface area contributed by atoms with E-state index in [4.69, 9.17) is 13.6 Å². The molecule has 0 heterocycles. The van der Waals surface area contributed by atoms with Gasteiger partial charge in [-0.05, 0) is 55.7 Å². The zero-order chi connectivity index (χ0) is 20.1. The van der Waals surface area contributed by atoms with Crippen molar-refractivity contribution in [2.75, 3.05) is 0 Å². The predicted octanol–water partition coefficient (Wildman–Crippen LogP) is 7.07. The van der Waals surface area contributed by atoms with Gasteiger partial charge < -0.3 is 13.6 Å². The van der Waals surface area contributed by atoms with Crippen LogP contribution in [0, 0.1) is 13.8 Å². The second-order valence-corrected chi connectivity index (χ2v) is 8.48. The van der Waals surface area contributed by atoms with Gasteiger partial charge in [0, 0.05) is 0 Å². The van der Waals surface area contributed by atoms with Crippen molar-refractivity contribution in [2.45, 2.75) is 33.6 Å². The summed E-state index contributed by atoms with van der Waals surface area (Å²) >= 11 is 0. The highest BCUT2D eigenvalue weighted by Gasteiger charge is 2.34. The summed E-state index contributed by atoms with van der Waals surface area (Å²) in [6.45, 7) is 8.05. The van der Waals surface area contributed by atoms with Crippen LogP contribution in [0.1, 0.15) is 36.5 Å². The molecule has 0 bridgehead atoms. The highest BCUT2D eigenvalue weighted by molar-refractivity contribution is 7.49. The third-order valence-electron chi connectivity index (χ3n) is 4.23. The summed E-state index contributed by atoms with van der Waals surface area (Å²) in [5, 5.41) is 0. The number of phosphoric ester groups is 1. The largest absolute Gasteiger partial charge is 0.647 e. The van der Waals surface area contributed by atoms with Gasteiger partial charge in [-0.2, -0.15) is 4.57 Å². The van der Waals surface area contributed by atoms with E-state index in [2.05, 4.69) is 13.8 Å². The molecule has 0 aliphatic carbocycles. The minimum atomic E-state index is -3.98. The highest BCUT2D eigenvalue weighted by atomic mass is 31.2. The van der Waals surface area contributed by atoms with Crippen LogP contribution in [0.15, 0.2) is 72.8 Å². The summed E-state index contributed by atoms with van der Waals surface area (Å²) in [7, 11) is -3.98. The van der Waals surface area contributed by atoms with Gasteiger partial charge >= 0.3 is 7.82 Å². The smallest absolute Gasteiger partial charge is 0.386 e. The Balaban J connectivity index is 1.94. The van der Waals surface area contributed by atoms with E-state index < -0.39 is 7.82 Å². The Morgan fingerprint density at radius 2 is 1.14 bits per heavy atom. The van der Waals surface area contributed by atoms with E-state index >= 15 is 0 Å². The van der Waals surface area contributed by atoms with Gasteiger partial charge in [-0.15, -0.1) is 0 Å². The van der Waals surface area contributed by atoms with E-state index in [0.717, 1.165) is 16.7 Å². The van der Waals surface area contributed by atoms with Crippen LogP contribution in [0.3, 0.4) is 0 Å². The lowest BCUT2D eigenvalue weighted by Gasteiger charge is -2.21. The molecule has 0 unspecified atom stereocenters. The minimum Gasteiger partial charge on any atom is -0.386 e. The van der Waals surface area contributed by atoms with Gasteiger partial charge in [0.1, 0.15) is 17.2 Å². The summed E-state index contributed by atoms with van der Waals surface area (Å²) in [5.41, 5.74) is 3.09. The molecular weight excluding hydrogens is 371 g/mol. The third kappa shape index (κ3) is 5.17. The summed E-state index contributed by atoms with van der Waals surface area (Å²) in [5.74, 6) is 1.52. The number of phosphoric acid groups is 1. The van der Waals surface area contributed by atoms with Gasteiger partial charge in [-0.3, -0.25) is 0 Å². The summed E-state index contributed by atoms with van der Waals surface area (Å²) in [4.78, 5) is 0. The lowest BCUT2D eigenvalue weighted by Crippen LogP contribution is -2.09. The number of para-hydroxylation sites is 1. The lowest BCUT2D eigenvalue weighted by atomic mass is 10.0. The molecule has 3 aromatic carbocycles. The minimum absolute atomic E-state index is 0.198. The van der Waals surface area contributed by atoms with Crippen LogP contribution < -0.4 is 13.6 Å². The Hall–Kier alpha value is -2.71. The first-order valence-corrected chi connectivity index (χ1v) is 10.7. The van der Waals surface area contributed by atoms with Gasteiger partial charge in [0.25, 0.3) is 0 Å². The zero-order valence-electron chi connectivity index (χ0n) is 16.6. The van der Waals surface area contributed by atoms with Crippen LogP contribution in [-0.4, -0.2) is 0 Å². The van der Waals surface area contributed by atoms with Crippen molar-refractivity contribution in [3.63, 3.8) is 0 Å². The van der Waals surface area contributed by atoms with Crippen molar-refractivity contribution in [3.8, 4) is 17.2 Å². The Bertz CT molecular complexity index is 911. The molecule has 28 heavy (non-hydrogen) atoms. The molecule has 3 rings (SSSR count). The Morgan fingerprint density at radius 3 is 1.61 bits per heavy atom. The Labute approximate surface area is 166 Å². The molecule has 0 aromatic heterocycles. The molecule has 5 heteroatoms. The lowest BCUT2D eigenvalue weighted by molar-refractivity contribution is 0.297. The fourth-order valence-electron chi connectivity index (χ4n) is 2.67. The standard InChI is InChI=1S/C23H25O4P/c1-17(2)22-7-5-6-8-23(22)27-28(24,25-20-13-9-18(3)10-14-20)26-21-15-11-19(4)12-16-21/h5-17H,1-4H3. The normalized spacial score (nSPS) is 11.3. The molecule has 146 valence electrons. The number of hydrogen-bond donors (Lipinski definition) is 0. The second-order valence-electron chi connectivity index (χ2n) is 7.04. The molecule has 0 aliphatic heterocycles. The van der Waals surface area contributed by atoms with Crippen LogP contribution in [0.25, 0.3) is 0 Å². The van der Waals surface area contributed by atoms with Crippen LogP contribution in [0.2, 0.25) is 0 Å². The van der Waals surface area contributed by atoms with E-state index in [1.54, 1.807) is 30.3 Å². The van der Waals surface area contributed by atoms with E-state index in [1.807, 2.05) is 56.3 Å². The SMILES string of the molecule is Cc1ccc(OP(=O)(Oc2ccc(C)cc2)Oc2ccccc2C(C)C)cc1. The third-order valence-corrected chi connectivity index (χ3v) is 5.52. The van der Waals surface area contributed by atoms with Gasteiger partial charge in [0.05, 0.1) is 0 Å². The van der Waals surface area contributed by atoms with Crippen LogP contribution in [0.5, 0.6) is 17.2 Å². The van der Waals surface area contributed by atoms with Gasteiger partial charge in [0.2, 0.25) is 0 Å². The zero-order valence-corrected chi connectivity index (χ0v) is 17.5. The quantitative estimate of drug-likeness (QED) is 0.401. The molecule has 0 aliphatic rings. The van der Waals surface area contributed by atoms with Crippen molar-refractivity contribution in [2.24, 2.45) is 0 Å². The molecule has 0 saturated carbocycles. The molecule has 0 amide bonds. The summed E-state index contributed by atoms with van der Waals surface area (Å²) in [6, 6.07) is 22.0. The fourth-order valence-corrected chi connectivity index (χ4v) is 3.95. The van der Waals surface area contributed by atoms with E-state index in [1.165, 1.54) is 0 Å². The number of rotatable bonds is 7. The molecule has 0 atom stereocenters. The van der Waals surface area contributed by atoms with E-state index in [9.17, 15) is 4.57 Å². The average Bonchev–Trinajstić information content (AvgIpc) is 2.66. The molecular formula is C23H25O4P. The van der Waals surface area contributed by atoms with Crippen LogP contribution in [-0.2, 0) is 4.57 Å². The Kier molecular flexibility index (Phi) is 6.11. The number of aryl methyl sites for hydroxylation is 2. The molecule has 4 nitrogen and oxygen atoms in total. The molecule has 0 radical (unpaired) electrons. The van der Waals surface area contributed by atoms with Crippen molar-refractivity contribution in [3.05, 3.63) is 89.5 Å². The maximum absolute atomic E-state index is 13.6. The summed E-state index contributed by atoms with van der Waals surface area (Å²) < 4.78 is 31.0. The maximum atomic E-state index is 13.6. The van der Waals surface area contributed by atoms with Gasteiger partial charge in [-0.25, -0.2) is 0 Å². The van der Waals surface area contributed by atoms with Crippen molar-refractivity contribution in [1.82, 2.24) is 0 Å². The van der Waals surface area contributed by atoms with Crippen molar-refractivity contribution in [1.29, 1.82) is 0 Å². The first kappa shape index (κ1) is 20.0. The molecule has 0 N–H and O–H groups in total. The van der Waals surface area contributed by atoms with Gasteiger partial charge in [0.15, 0.2) is 0 Å². The highest BCUT2D eigenvalue weighted by Crippen LogP contribution is 2.51. The van der Waals surface area contributed by atoms with Crippen molar-refractivity contribution >= 4 is 7.82 Å². The van der Waals surface area contributed by atoms with Gasteiger partial charge in [-0.1, -0.05) is 67.4 Å². The predicted molar refractivity (Wildman–Crippen MR) is 112 cm³/mol. The summed E-state index contributed by atoms with van der Waals surface area (Å²) in [6.07, 6.45) is 0. The second kappa shape index (κ2) is 8.53. The van der Waals surface area contributed by atoms with Crippen LogP contribution in [0.4, 0.5) is 0 Å². The van der Waals surface area contributed by atoms with E-state index in [0.29, 0.717) is 17.2 Å². The molecule has 0 spiro atoms. The number of benzene rings is 3. The number of hydrogen-bond acceptors (Lipinski definition) is 4. The Morgan fingerprint density at radius 1 is 0.679 bits per heavy atom. The molecule has 0 fully saturated rings. The maximum Gasteiger partial charge on any atom is 0.647 e. The first-order chi connectivity index (χ1) is 13.3. The molecule has 3 aromatic rings. The topological polar surface area (TPSA) is 44.8 Å². The van der Waals surface area contributed by atoms with Crippen LogP contribution >= 0.6 is 7.82 Å². The fraction of sp³-hybridized carbons (Fsp3) is 0.217. The van der Waals surface area contributed by atoms with Crippen molar-refractivity contribution < 1.29 is 18.1 Å². The first-order valence-electron chi connectivity index (χ1n) is 9.26. The monoisotopic (exact) mass is 396 g/mol. The molecule has 0 saturated heterocycles.